The van der Waals surface area contributed by atoms with E-state index in [4.69, 9.17) is 5.14 Å². The normalized spacial score (nSPS) is 12.9. The molecule has 2 nitrogen and oxygen atoms in total. The Kier molecular flexibility index (Phi) is 2.94. The lowest BCUT2D eigenvalue weighted by molar-refractivity contribution is 0.593. The summed E-state index contributed by atoms with van der Waals surface area (Å²) in [6.45, 7) is 1.92. The van der Waals surface area contributed by atoms with E-state index in [-0.39, 0.29) is 4.90 Å². The second kappa shape index (κ2) is 3.78. The smallest absolute Gasteiger partial charge is 0.140 e. The molecule has 1 rings (SSSR count). The van der Waals surface area contributed by atoms with Gasteiger partial charge in [-0.1, -0.05) is 13.0 Å². The van der Waals surface area contributed by atoms with Gasteiger partial charge in [0, 0.05) is 0 Å². The Morgan fingerprint density at radius 3 is 2.67 bits per heavy atom. The van der Waals surface area contributed by atoms with E-state index < -0.39 is 16.8 Å². The third-order valence-corrected chi connectivity index (χ3v) is 2.39. The van der Waals surface area contributed by atoms with Crippen molar-refractivity contribution < 1.29 is 8.60 Å². The topological polar surface area (TPSA) is 43.1 Å². The molecule has 1 aromatic carbocycles. The van der Waals surface area contributed by atoms with Crippen LogP contribution in [0.3, 0.4) is 0 Å². The van der Waals surface area contributed by atoms with Crippen LogP contribution >= 0.6 is 0 Å². The summed E-state index contributed by atoms with van der Waals surface area (Å²) in [6.07, 6.45) is 0.758. The molecule has 1 unspecified atom stereocenters. The predicted octanol–water partition coefficient (Wildman–Crippen LogP) is 1.37. The van der Waals surface area contributed by atoms with E-state index in [0.29, 0.717) is 0 Å². The molecule has 0 aliphatic carbocycles. The monoisotopic (exact) mass is 187 g/mol. The molecule has 0 aliphatic rings. The van der Waals surface area contributed by atoms with E-state index in [1.54, 1.807) is 6.07 Å². The molecule has 4 heteroatoms. The van der Waals surface area contributed by atoms with Gasteiger partial charge in [0.2, 0.25) is 0 Å². The second-order valence-corrected chi connectivity index (χ2v) is 3.45. The predicted molar refractivity (Wildman–Crippen MR) is 46.4 cm³/mol. The van der Waals surface area contributed by atoms with Gasteiger partial charge in [0.05, 0.1) is 4.90 Å². The number of benzene rings is 1. The van der Waals surface area contributed by atoms with E-state index in [1.165, 1.54) is 12.1 Å². The summed E-state index contributed by atoms with van der Waals surface area (Å²) in [4.78, 5) is 0.0622. The summed E-state index contributed by atoms with van der Waals surface area (Å²) < 4.78 is 23.7. The Bertz CT molecular complexity index is 314. The lowest BCUT2D eigenvalue weighted by Gasteiger charge is -2.00. The molecule has 0 spiro atoms. The summed E-state index contributed by atoms with van der Waals surface area (Å²) in [5.41, 5.74) is 0.877. The Balaban J connectivity index is 3.12. The van der Waals surface area contributed by atoms with E-state index >= 15 is 0 Å². The fourth-order valence-electron chi connectivity index (χ4n) is 0.927. The van der Waals surface area contributed by atoms with Gasteiger partial charge in [0.15, 0.2) is 0 Å². The maximum absolute atomic E-state index is 13.0. The molecule has 0 aliphatic heterocycles. The molecule has 0 heterocycles. The Labute approximate surface area is 73.2 Å². The molecule has 0 aromatic heterocycles. The highest BCUT2D eigenvalue weighted by atomic mass is 32.2. The van der Waals surface area contributed by atoms with Crippen molar-refractivity contribution in [3.8, 4) is 0 Å². The van der Waals surface area contributed by atoms with Crippen molar-refractivity contribution in [1.82, 2.24) is 0 Å². The zero-order chi connectivity index (χ0) is 9.14. The molecular weight excluding hydrogens is 177 g/mol. The lowest BCUT2D eigenvalue weighted by atomic mass is 10.2. The van der Waals surface area contributed by atoms with Crippen molar-refractivity contribution in [2.24, 2.45) is 5.14 Å². The molecule has 0 bridgehead atoms. The van der Waals surface area contributed by atoms with Gasteiger partial charge in [-0.05, 0) is 24.1 Å². The van der Waals surface area contributed by atoms with Gasteiger partial charge < -0.3 is 0 Å². The summed E-state index contributed by atoms with van der Waals surface area (Å²) in [5.74, 6) is -0.491. The van der Waals surface area contributed by atoms with Crippen LogP contribution in [0.4, 0.5) is 4.39 Å². The molecule has 12 heavy (non-hydrogen) atoms. The Hall–Kier alpha value is -0.740. The number of aryl methyl sites for hydroxylation is 1. The van der Waals surface area contributed by atoms with Crippen molar-refractivity contribution in [1.29, 1.82) is 0 Å². The number of halogens is 1. The van der Waals surface area contributed by atoms with Gasteiger partial charge in [0.1, 0.15) is 16.8 Å². The van der Waals surface area contributed by atoms with Gasteiger partial charge >= 0.3 is 0 Å². The first-order valence-corrected chi connectivity index (χ1v) is 4.81. The van der Waals surface area contributed by atoms with Crippen molar-refractivity contribution in [2.75, 3.05) is 0 Å². The lowest BCUT2D eigenvalue weighted by Crippen LogP contribution is -2.05. The van der Waals surface area contributed by atoms with Crippen LogP contribution in [0.15, 0.2) is 23.1 Å². The minimum atomic E-state index is -1.73. The average molecular weight is 187 g/mol. The van der Waals surface area contributed by atoms with Crippen molar-refractivity contribution in [3.63, 3.8) is 0 Å². The standard InChI is InChI=1S/C8H10FNOS/c1-2-6-3-4-8(12(10)11)7(9)5-6/h3-5H,2,10H2,1H3. The maximum Gasteiger partial charge on any atom is 0.140 e. The van der Waals surface area contributed by atoms with Crippen LogP contribution in [0.1, 0.15) is 12.5 Å². The summed E-state index contributed by atoms with van der Waals surface area (Å²) in [6, 6.07) is 4.55. The van der Waals surface area contributed by atoms with Crippen molar-refractivity contribution in [2.45, 2.75) is 18.2 Å². The molecule has 0 fully saturated rings. The van der Waals surface area contributed by atoms with Crippen molar-refractivity contribution >= 4 is 11.0 Å². The second-order valence-electron chi connectivity index (χ2n) is 2.42. The molecule has 0 saturated heterocycles. The first kappa shape index (κ1) is 9.35. The minimum absolute atomic E-state index is 0.0622. The number of nitrogens with two attached hydrogens (primary N) is 1. The van der Waals surface area contributed by atoms with Crippen molar-refractivity contribution in [3.05, 3.63) is 29.6 Å². The third kappa shape index (κ3) is 1.89. The van der Waals surface area contributed by atoms with Crippen LogP contribution in [-0.4, -0.2) is 4.21 Å². The number of hydrogen-bond acceptors (Lipinski definition) is 1. The Morgan fingerprint density at radius 1 is 1.58 bits per heavy atom. The van der Waals surface area contributed by atoms with Gasteiger partial charge in [0.25, 0.3) is 0 Å². The van der Waals surface area contributed by atoms with E-state index in [9.17, 15) is 8.60 Å². The Morgan fingerprint density at radius 2 is 2.25 bits per heavy atom. The molecule has 1 aromatic rings. The molecule has 0 amide bonds. The number of hydrogen-bond donors (Lipinski definition) is 1. The van der Waals surface area contributed by atoms with Crippen LogP contribution in [0.2, 0.25) is 0 Å². The van der Waals surface area contributed by atoms with Crippen LogP contribution in [0, 0.1) is 5.82 Å². The first-order chi connectivity index (χ1) is 5.65. The minimum Gasteiger partial charge on any atom is -0.247 e. The third-order valence-electron chi connectivity index (χ3n) is 1.62. The van der Waals surface area contributed by atoms with Gasteiger partial charge in [-0.15, -0.1) is 0 Å². The number of rotatable bonds is 2. The first-order valence-electron chi connectivity index (χ1n) is 3.59. The average Bonchev–Trinajstić information content (AvgIpc) is 2.03. The SMILES string of the molecule is CCc1ccc(S(N)=O)c(F)c1. The fourth-order valence-corrected chi connectivity index (χ4v) is 1.38. The maximum atomic E-state index is 13.0. The largest absolute Gasteiger partial charge is 0.247 e. The summed E-state index contributed by atoms with van der Waals surface area (Å²) >= 11 is 0. The van der Waals surface area contributed by atoms with Gasteiger partial charge in [-0.2, -0.15) is 0 Å². The van der Waals surface area contributed by atoms with Crippen LogP contribution in [0.25, 0.3) is 0 Å². The molecule has 2 N–H and O–H groups in total. The van der Waals surface area contributed by atoms with Crippen LogP contribution < -0.4 is 5.14 Å². The summed E-state index contributed by atoms with van der Waals surface area (Å²) in [7, 11) is -1.73. The fraction of sp³-hybridized carbons (Fsp3) is 0.250. The quantitative estimate of drug-likeness (QED) is 0.746. The highest BCUT2D eigenvalue weighted by Gasteiger charge is 2.05. The molecule has 1 atom stereocenters. The van der Waals surface area contributed by atoms with Gasteiger partial charge in [-0.25, -0.2) is 13.7 Å². The van der Waals surface area contributed by atoms with Gasteiger partial charge in [-0.3, -0.25) is 0 Å². The highest BCUT2D eigenvalue weighted by Crippen LogP contribution is 2.12. The zero-order valence-corrected chi connectivity index (χ0v) is 7.53. The summed E-state index contributed by atoms with van der Waals surface area (Å²) in [5, 5.41) is 5.04. The van der Waals surface area contributed by atoms with Crippen LogP contribution in [-0.2, 0) is 17.4 Å². The molecule has 0 saturated carbocycles. The van der Waals surface area contributed by atoms with E-state index in [0.717, 1.165) is 12.0 Å². The molecule has 0 radical (unpaired) electrons. The van der Waals surface area contributed by atoms with E-state index in [2.05, 4.69) is 0 Å². The molecular formula is C8H10FNOS. The zero-order valence-electron chi connectivity index (χ0n) is 6.71. The van der Waals surface area contributed by atoms with Crippen LogP contribution in [0.5, 0.6) is 0 Å². The molecule has 66 valence electrons. The highest BCUT2D eigenvalue weighted by molar-refractivity contribution is 7.82. The van der Waals surface area contributed by atoms with E-state index in [1.807, 2.05) is 6.92 Å².